The number of hydrogen-bond acceptors (Lipinski definition) is 5. The number of carbonyl (C=O) groups excluding carboxylic acids is 3. The third kappa shape index (κ3) is 2.91. The number of nitrogens with zero attached hydrogens (tertiary/aromatic N) is 1. The minimum Gasteiger partial charge on any atom is -0.465 e. The van der Waals surface area contributed by atoms with Gasteiger partial charge in [-0.05, 0) is 18.4 Å². The molecule has 0 spiro atoms. The van der Waals surface area contributed by atoms with Gasteiger partial charge in [-0.2, -0.15) is 0 Å². The second kappa shape index (κ2) is 5.99. The lowest BCUT2D eigenvalue weighted by atomic mass is 10.1. The number of thiophene rings is 1. The Hall–Kier alpha value is -2.42. The summed E-state index contributed by atoms with van der Waals surface area (Å²) in [6.45, 7) is 0.395. The van der Waals surface area contributed by atoms with E-state index in [9.17, 15) is 19.2 Å². The molecule has 2 aliphatic heterocycles. The van der Waals surface area contributed by atoms with Crippen LogP contribution in [0, 0.1) is 0 Å². The average molecular weight is 337 g/mol. The molecule has 3 N–H and O–H groups in total. The molecule has 3 rings (SSSR count). The van der Waals surface area contributed by atoms with Gasteiger partial charge in [-0.15, -0.1) is 11.3 Å². The second-order valence-electron chi connectivity index (χ2n) is 5.46. The first kappa shape index (κ1) is 15.5. The van der Waals surface area contributed by atoms with Gasteiger partial charge in [-0.3, -0.25) is 19.7 Å². The van der Waals surface area contributed by atoms with Crippen molar-refractivity contribution in [1.29, 1.82) is 0 Å². The summed E-state index contributed by atoms with van der Waals surface area (Å²) in [7, 11) is 0. The van der Waals surface area contributed by atoms with Gasteiger partial charge in [0.2, 0.25) is 11.8 Å². The highest BCUT2D eigenvalue weighted by molar-refractivity contribution is 7.10. The molecule has 9 heteroatoms. The lowest BCUT2D eigenvalue weighted by Crippen LogP contribution is -2.47. The lowest BCUT2D eigenvalue weighted by Gasteiger charge is -2.25. The van der Waals surface area contributed by atoms with Crippen molar-refractivity contribution in [3.63, 3.8) is 0 Å². The minimum atomic E-state index is -1.13. The maximum Gasteiger partial charge on any atom is 0.404 e. The third-order valence-electron chi connectivity index (χ3n) is 4.02. The zero-order chi connectivity index (χ0) is 16.6. The van der Waals surface area contributed by atoms with Crippen LogP contribution >= 0.6 is 11.3 Å². The minimum absolute atomic E-state index is 0.131. The highest BCUT2D eigenvalue weighted by Crippen LogP contribution is 2.33. The SMILES string of the molecule is O=C(O)NCc1scc2c1CN([C@H]1CCCC(=O)NC1=O)C2=O. The van der Waals surface area contributed by atoms with Crippen LogP contribution in [0.3, 0.4) is 0 Å². The van der Waals surface area contributed by atoms with Crippen molar-refractivity contribution >= 4 is 35.2 Å². The number of carboxylic acid groups (broad SMARTS) is 1. The molecule has 3 heterocycles. The summed E-state index contributed by atoms with van der Waals surface area (Å²) in [5.41, 5.74) is 1.28. The molecule has 8 nitrogen and oxygen atoms in total. The highest BCUT2D eigenvalue weighted by atomic mass is 32.1. The smallest absolute Gasteiger partial charge is 0.404 e. The number of imide groups is 1. The van der Waals surface area contributed by atoms with Crippen LogP contribution in [0.1, 0.15) is 40.1 Å². The first-order valence-electron chi connectivity index (χ1n) is 7.18. The third-order valence-corrected chi connectivity index (χ3v) is 5.05. The summed E-state index contributed by atoms with van der Waals surface area (Å²) in [6.07, 6.45) is 0.140. The van der Waals surface area contributed by atoms with Crippen LogP contribution < -0.4 is 10.6 Å². The molecule has 23 heavy (non-hydrogen) atoms. The van der Waals surface area contributed by atoms with E-state index in [-0.39, 0.29) is 31.3 Å². The van der Waals surface area contributed by atoms with Crippen LogP contribution in [0.2, 0.25) is 0 Å². The van der Waals surface area contributed by atoms with E-state index in [1.54, 1.807) is 5.38 Å². The van der Waals surface area contributed by atoms with Gasteiger partial charge in [0.25, 0.3) is 5.91 Å². The monoisotopic (exact) mass is 337 g/mol. The van der Waals surface area contributed by atoms with Crippen LogP contribution in [0.15, 0.2) is 5.38 Å². The van der Waals surface area contributed by atoms with Crippen LogP contribution in [0.25, 0.3) is 0 Å². The Morgan fingerprint density at radius 1 is 1.43 bits per heavy atom. The van der Waals surface area contributed by atoms with Crippen LogP contribution in [-0.4, -0.2) is 39.9 Å². The molecule has 0 bridgehead atoms. The van der Waals surface area contributed by atoms with Crippen molar-refractivity contribution in [3.05, 3.63) is 21.4 Å². The summed E-state index contributed by atoms with van der Waals surface area (Å²) in [4.78, 5) is 48.9. The molecule has 0 unspecified atom stereocenters. The molecule has 0 aromatic carbocycles. The van der Waals surface area contributed by atoms with Crippen molar-refractivity contribution in [2.24, 2.45) is 0 Å². The summed E-state index contributed by atoms with van der Waals surface area (Å²) >= 11 is 1.32. The Bertz CT molecular complexity index is 699. The van der Waals surface area contributed by atoms with Crippen molar-refractivity contribution in [1.82, 2.24) is 15.5 Å². The van der Waals surface area contributed by atoms with Crippen LogP contribution in [-0.2, 0) is 22.7 Å². The maximum absolute atomic E-state index is 12.5. The fourth-order valence-corrected chi connectivity index (χ4v) is 3.87. The standard InChI is InChI=1S/C14H15N3O5S/c18-11-3-1-2-9(12(19)16-11)17-5-7-8(13(17)20)6-23-10(7)4-15-14(21)22/h6,9,15H,1-5H2,(H,21,22)(H,16,18,19)/t9-/m0/s1. The van der Waals surface area contributed by atoms with Gasteiger partial charge in [0, 0.05) is 23.2 Å². The quantitative estimate of drug-likeness (QED) is 0.701. The number of carbonyl (C=O) groups is 4. The topological polar surface area (TPSA) is 116 Å². The van der Waals surface area contributed by atoms with Gasteiger partial charge in [-0.25, -0.2) is 4.79 Å². The van der Waals surface area contributed by atoms with E-state index >= 15 is 0 Å². The largest absolute Gasteiger partial charge is 0.465 e. The van der Waals surface area contributed by atoms with E-state index < -0.39 is 18.0 Å². The number of rotatable bonds is 3. The molecule has 122 valence electrons. The Morgan fingerprint density at radius 2 is 2.22 bits per heavy atom. The number of nitrogens with one attached hydrogen (secondary N) is 2. The fraction of sp³-hybridized carbons (Fsp3) is 0.429. The Labute approximate surface area is 135 Å². The molecule has 1 atom stereocenters. The predicted octanol–water partition coefficient (Wildman–Crippen LogP) is 0.667. The van der Waals surface area contributed by atoms with Crippen molar-refractivity contribution in [2.75, 3.05) is 0 Å². The average Bonchev–Trinajstić information content (AvgIpc) is 2.97. The highest BCUT2D eigenvalue weighted by Gasteiger charge is 2.39. The molecule has 4 amide bonds. The van der Waals surface area contributed by atoms with Crippen molar-refractivity contribution in [3.8, 4) is 0 Å². The molecule has 1 aromatic rings. The predicted molar refractivity (Wildman–Crippen MR) is 79.8 cm³/mol. The van der Waals surface area contributed by atoms with E-state index in [1.807, 2.05) is 0 Å². The molecular weight excluding hydrogens is 322 g/mol. The number of fused-ring (bicyclic) bond motifs is 1. The molecule has 0 saturated carbocycles. The van der Waals surface area contributed by atoms with Gasteiger partial charge < -0.3 is 15.3 Å². The van der Waals surface area contributed by atoms with E-state index in [1.165, 1.54) is 16.2 Å². The zero-order valence-corrected chi connectivity index (χ0v) is 12.9. The van der Waals surface area contributed by atoms with Crippen molar-refractivity contribution in [2.45, 2.75) is 38.4 Å². The van der Waals surface area contributed by atoms with E-state index in [0.29, 0.717) is 18.4 Å². The van der Waals surface area contributed by atoms with Gasteiger partial charge in [0.05, 0.1) is 12.1 Å². The second-order valence-corrected chi connectivity index (χ2v) is 6.43. The maximum atomic E-state index is 12.5. The van der Waals surface area contributed by atoms with Gasteiger partial charge >= 0.3 is 6.09 Å². The molecule has 0 aliphatic carbocycles. The normalized spacial score (nSPS) is 21.0. The number of hydrogen-bond donors (Lipinski definition) is 3. The summed E-state index contributed by atoms with van der Waals surface area (Å²) in [5.74, 6) is -1.00. The van der Waals surface area contributed by atoms with E-state index in [2.05, 4.69) is 10.6 Å². The summed E-state index contributed by atoms with van der Waals surface area (Å²) in [6, 6.07) is -0.661. The fourth-order valence-electron chi connectivity index (χ4n) is 2.90. The molecular formula is C14H15N3O5S. The Balaban J connectivity index is 1.79. The lowest BCUT2D eigenvalue weighted by molar-refractivity contribution is -0.132. The molecule has 0 radical (unpaired) electrons. The zero-order valence-electron chi connectivity index (χ0n) is 12.1. The summed E-state index contributed by atoms with van der Waals surface area (Å²) in [5, 5.41) is 15.0. The molecule has 1 fully saturated rings. The van der Waals surface area contributed by atoms with Gasteiger partial charge in [-0.1, -0.05) is 0 Å². The van der Waals surface area contributed by atoms with Crippen LogP contribution in [0.4, 0.5) is 4.79 Å². The van der Waals surface area contributed by atoms with Crippen LogP contribution in [0.5, 0.6) is 0 Å². The molecule has 1 aromatic heterocycles. The molecule has 1 saturated heterocycles. The van der Waals surface area contributed by atoms with Gasteiger partial charge in [0.1, 0.15) is 6.04 Å². The first-order valence-corrected chi connectivity index (χ1v) is 8.06. The molecule has 2 aliphatic rings. The van der Waals surface area contributed by atoms with Crippen molar-refractivity contribution < 1.29 is 24.3 Å². The van der Waals surface area contributed by atoms with Gasteiger partial charge in [0.15, 0.2) is 0 Å². The van der Waals surface area contributed by atoms with E-state index in [0.717, 1.165) is 10.4 Å². The van der Waals surface area contributed by atoms with E-state index in [4.69, 9.17) is 5.11 Å². The number of amides is 4. The first-order chi connectivity index (χ1) is 11.0. The Morgan fingerprint density at radius 3 is 2.96 bits per heavy atom. The Kier molecular flexibility index (Phi) is 4.03. The summed E-state index contributed by atoms with van der Waals surface area (Å²) < 4.78 is 0.